The summed E-state index contributed by atoms with van der Waals surface area (Å²) in [7, 11) is 0. The average molecular weight is 601 g/mol. The van der Waals surface area contributed by atoms with Gasteiger partial charge in [-0.15, -0.1) is 35.3 Å². The Balaban J connectivity index is 1.37. The van der Waals surface area contributed by atoms with Gasteiger partial charge in [0.25, 0.3) is 5.91 Å². The number of thioether (sulfide) groups is 3. The fourth-order valence-corrected chi connectivity index (χ4v) is 7.38. The molecule has 1 saturated heterocycles. The summed E-state index contributed by atoms with van der Waals surface area (Å²) in [4.78, 5) is 50.8. The van der Waals surface area contributed by atoms with E-state index in [1.165, 1.54) is 44.8 Å². The number of β-lactam (4-membered cyclic amide) rings is 1. The summed E-state index contributed by atoms with van der Waals surface area (Å²) in [6.45, 7) is -0.265. The summed E-state index contributed by atoms with van der Waals surface area (Å²) in [5, 5.41) is 23.7. The third-order valence-corrected chi connectivity index (χ3v) is 9.57. The average Bonchev–Trinajstić information content (AvgIpc) is 2.86. The molecule has 2 aliphatic heterocycles. The van der Waals surface area contributed by atoms with Crippen LogP contribution in [0.3, 0.4) is 0 Å². The number of hydrogen-bond acceptors (Lipinski definition) is 8. The Morgan fingerprint density at radius 3 is 2.59 bits per heavy atom. The van der Waals surface area contributed by atoms with Crippen LogP contribution in [0.4, 0.5) is 0 Å². The first-order chi connectivity index (χ1) is 17.6. The summed E-state index contributed by atoms with van der Waals surface area (Å²) in [6.07, 6.45) is 3.20. The third-order valence-electron chi connectivity index (χ3n) is 5.40. The molecule has 2 N–H and O–H groups in total. The highest BCUT2D eigenvalue weighted by Gasteiger charge is 2.54. The van der Waals surface area contributed by atoms with Crippen LogP contribution in [-0.2, 0) is 25.7 Å². The van der Waals surface area contributed by atoms with Crippen LogP contribution in [0.2, 0.25) is 10.0 Å². The summed E-state index contributed by atoms with van der Waals surface area (Å²) in [6, 6.07) is 7.57. The van der Waals surface area contributed by atoms with Crippen molar-refractivity contribution in [3.8, 4) is 0 Å². The van der Waals surface area contributed by atoms with Gasteiger partial charge in [0.1, 0.15) is 23.1 Å². The molecule has 2 atom stereocenters. The van der Waals surface area contributed by atoms with Crippen LogP contribution in [0, 0.1) is 0 Å². The lowest BCUT2D eigenvalue weighted by Crippen LogP contribution is -2.70. The lowest BCUT2D eigenvalue weighted by molar-refractivity contribution is -0.691. The van der Waals surface area contributed by atoms with Crippen LogP contribution in [0.1, 0.15) is 0 Å². The number of carboxylic acids is 2. The number of halogens is 2. The first-order valence-corrected chi connectivity index (χ1v) is 14.5. The topological polar surface area (TPSA) is 131 Å². The zero-order valence-corrected chi connectivity index (χ0v) is 22.8. The highest BCUT2D eigenvalue weighted by molar-refractivity contribution is 8.01. The molecule has 0 radical (unpaired) electrons. The molecule has 4 rings (SSSR count). The molecule has 2 aliphatic rings. The second kappa shape index (κ2) is 12.0. The second-order valence-corrected chi connectivity index (χ2v) is 12.0. The number of aromatic nitrogens is 1. The number of fused-ring (bicyclic) bond motifs is 1. The van der Waals surface area contributed by atoms with E-state index < -0.39 is 29.3 Å². The number of nitrogens with one attached hydrogen (secondary N) is 1. The van der Waals surface area contributed by atoms with E-state index in [1.54, 1.807) is 42.7 Å². The molecule has 9 nitrogen and oxygen atoms in total. The van der Waals surface area contributed by atoms with Gasteiger partial charge in [-0.1, -0.05) is 23.2 Å². The molecule has 0 saturated carbocycles. The summed E-state index contributed by atoms with van der Waals surface area (Å²) in [5.41, 5.74) is 0.532. The molecular weight excluding hydrogens is 581 g/mol. The van der Waals surface area contributed by atoms with Crippen LogP contribution in [0.15, 0.2) is 63.8 Å². The summed E-state index contributed by atoms with van der Waals surface area (Å²) >= 11 is 16.1. The molecule has 37 heavy (non-hydrogen) atoms. The van der Waals surface area contributed by atoms with Crippen LogP contribution >= 0.6 is 58.5 Å². The van der Waals surface area contributed by atoms with Crippen LogP contribution in [0.5, 0.6) is 0 Å². The van der Waals surface area contributed by atoms with Crippen molar-refractivity contribution in [3.05, 3.63) is 64.0 Å². The molecule has 1 aromatic carbocycles. The minimum absolute atomic E-state index is 0.0186. The van der Waals surface area contributed by atoms with E-state index in [-0.39, 0.29) is 23.9 Å². The Morgan fingerprint density at radius 2 is 1.92 bits per heavy atom. The summed E-state index contributed by atoms with van der Waals surface area (Å²) < 4.78 is 1.46. The Labute approximate surface area is 234 Å². The monoisotopic (exact) mass is 599 g/mol. The van der Waals surface area contributed by atoms with Gasteiger partial charge in [0.15, 0.2) is 18.9 Å². The molecule has 194 valence electrons. The van der Waals surface area contributed by atoms with Crippen molar-refractivity contribution >= 4 is 82.2 Å². The minimum atomic E-state index is -1.20. The van der Waals surface area contributed by atoms with Crippen molar-refractivity contribution in [2.75, 3.05) is 17.3 Å². The quantitative estimate of drug-likeness (QED) is 0.238. The largest absolute Gasteiger partial charge is 0.544 e. The van der Waals surface area contributed by atoms with Gasteiger partial charge in [-0.2, -0.15) is 4.57 Å². The Morgan fingerprint density at radius 1 is 1.19 bits per heavy atom. The van der Waals surface area contributed by atoms with Gasteiger partial charge in [-0.25, -0.2) is 4.79 Å². The first kappa shape index (κ1) is 27.6. The molecule has 3 heterocycles. The number of amides is 2. The molecule has 0 aliphatic carbocycles. The highest BCUT2D eigenvalue weighted by atomic mass is 35.5. The molecule has 0 unspecified atom stereocenters. The lowest BCUT2D eigenvalue weighted by Gasteiger charge is -2.49. The predicted octanol–water partition coefficient (Wildman–Crippen LogP) is 1.65. The number of aliphatic carboxylic acids is 2. The summed E-state index contributed by atoms with van der Waals surface area (Å²) in [5.74, 6) is -2.51. The van der Waals surface area contributed by atoms with Crippen LogP contribution in [0.25, 0.3) is 0 Å². The zero-order chi connectivity index (χ0) is 26.7. The van der Waals surface area contributed by atoms with E-state index in [1.807, 2.05) is 0 Å². The van der Waals surface area contributed by atoms with Crippen molar-refractivity contribution in [1.82, 2.24) is 10.2 Å². The van der Waals surface area contributed by atoms with E-state index >= 15 is 0 Å². The van der Waals surface area contributed by atoms with Crippen molar-refractivity contribution in [2.45, 2.75) is 27.8 Å². The number of carbonyl (C=O) groups is 4. The maximum atomic E-state index is 12.9. The molecular formula is C23H19Cl2N3O6S3. The van der Waals surface area contributed by atoms with E-state index in [0.717, 1.165) is 4.90 Å². The van der Waals surface area contributed by atoms with Gasteiger partial charge in [0.2, 0.25) is 5.91 Å². The molecule has 0 bridgehead atoms. The van der Waals surface area contributed by atoms with Gasteiger partial charge in [0.05, 0.1) is 10.8 Å². The van der Waals surface area contributed by atoms with Gasteiger partial charge < -0.3 is 20.3 Å². The number of rotatable bonds is 10. The van der Waals surface area contributed by atoms with Crippen LogP contribution < -0.4 is 15.0 Å². The fourth-order valence-electron chi connectivity index (χ4n) is 3.71. The second-order valence-electron chi connectivity index (χ2n) is 7.94. The third kappa shape index (κ3) is 6.55. The maximum Gasteiger partial charge on any atom is 0.352 e. The number of carboxylic acid groups (broad SMARTS) is 2. The number of hydrogen-bond donors (Lipinski definition) is 2. The molecule has 2 aromatic rings. The van der Waals surface area contributed by atoms with E-state index in [9.17, 15) is 29.4 Å². The van der Waals surface area contributed by atoms with E-state index in [0.29, 0.717) is 32.0 Å². The SMILES string of the molecule is O=C([O-])C[n+]1ccc(SCC2=C(C(=O)O)N3C(=O)[C@@H](NC(=O)CSc4cc(Cl)ccc4Cl)[C@H]3SC2)cc1. The van der Waals surface area contributed by atoms with Crippen molar-refractivity contribution in [3.63, 3.8) is 0 Å². The van der Waals surface area contributed by atoms with Gasteiger partial charge in [-0.3, -0.25) is 14.5 Å². The zero-order valence-electron chi connectivity index (χ0n) is 18.9. The van der Waals surface area contributed by atoms with Gasteiger partial charge >= 0.3 is 5.97 Å². The smallest absolute Gasteiger partial charge is 0.352 e. The van der Waals surface area contributed by atoms with Gasteiger partial charge in [0, 0.05) is 38.5 Å². The highest BCUT2D eigenvalue weighted by Crippen LogP contribution is 2.41. The lowest BCUT2D eigenvalue weighted by atomic mass is 10.0. The van der Waals surface area contributed by atoms with Gasteiger partial charge in [-0.05, 0) is 23.8 Å². The first-order valence-electron chi connectivity index (χ1n) is 10.7. The molecule has 0 spiro atoms. The van der Waals surface area contributed by atoms with Crippen molar-refractivity contribution < 1.29 is 34.0 Å². The fraction of sp³-hybridized carbons (Fsp3) is 0.261. The molecule has 14 heteroatoms. The number of nitrogens with zero attached hydrogens (tertiary/aromatic N) is 2. The number of pyridine rings is 1. The Kier molecular flexibility index (Phi) is 8.96. The van der Waals surface area contributed by atoms with E-state index in [2.05, 4.69) is 5.32 Å². The minimum Gasteiger partial charge on any atom is -0.544 e. The maximum absolute atomic E-state index is 12.9. The van der Waals surface area contributed by atoms with E-state index in [4.69, 9.17) is 23.2 Å². The molecule has 1 fully saturated rings. The van der Waals surface area contributed by atoms with Crippen molar-refractivity contribution in [2.24, 2.45) is 0 Å². The Bertz CT molecular complexity index is 1290. The standard InChI is InChI=1S/C23H19Cl2N3O6S3/c24-13-1-2-15(25)16(7-13)36-11-17(29)26-19-21(32)28-20(23(33)34)12(10-37-22(19)28)9-35-14-3-5-27(6-4-14)8-18(30)31/h1-7,19,22H,8-11H2,(H2-,26,29,30,31,33,34)/t19-,22-/m1/s1. The normalized spacial score (nSPS) is 18.8. The number of carbonyl (C=O) groups excluding carboxylic acids is 3. The molecule has 2 amide bonds. The van der Waals surface area contributed by atoms with Crippen molar-refractivity contribution in [1.29, 1.82) is 0 Å². The number of benzene rings is 1. The Hall–Kier alpha value is -2.38. The predicted molar refractivity (Wildman–Crippen MR) is 139 cm³/mol. The molecule has 1 aromatic heterocycles. The van der Waals surface area contributed by atoms with Crippen LogP contribution in [-0.4, -0.2) is 62.4 Å².